The van der Waals surface area contributed by atoms with Gasteiger partial charge in [0.25, 0.3) is 0 Å². The van der Waals surface area contributed by atoms with Gasteiger partial charge in [0.05, 0.1) is 13.1 Å². The molecule has 0 amide bonds. The molecule has 3 heterocycles. The van der Waals surface area contributed by atoms with E-state index in [2.05, 4.69) is 42.3 Å². The highest BCUT2D eigenvalue weighted by atomic mass is 16.5. The molecule has 0 saturated carbocycles. The van der Waals surface area contributed by atoms with Crippen molar-refractivity contribution in [2.45, 2.75) is 26.8 Å². The highest BCUT2D eigenvalue weighted by molar-refractivity contribution is 5.81. The SMILES string of the molecule is CC(C)NN1CC2=C(c3cccnc31)C(C)C[NH+]([O-])C2. The minimum atomic E-state index is 0.301. The fraction of sp³-hybridized carbons (Fsp3) is 0.533. The van der Waals surface area contributed by atoms with E-state index in [0.29, 0.717) is 30.1 Å². The maximum Gasteiger partial charge on any atom is 0.150 e. The zero-order valence-electron chi connectivity index (χ0n) is 12.3. The summed E-state index contributed by atoms with van der Waals surface area (Å²) in [4.78, 5) is 4.54. The number of hydrogen-bond acceptors (Lipinski definition) is 4. The molecule has 2 N–H and O–H groups in total. The second kappa shape index (κ2) is 5.16. The lowest BCUT2D eigenvalue weighted by molar-refractivity contribution is -0.847. The molecule has 0 radical (unpaired) electrons. The number of rotatable bonds is 2. The van der Waals surface area contributed by atoms with Crippen LogP contribution < -0.4 is 15.5 Å². The van der Waals surface area contributed by atoms with Crippen molar-refractivity contribution >= 4 is 11.4 Å². The van der Waals surface area contributed by atoms with Crippen LogP contribution in [0.15, 0.2) is 23.9 Å². The third-order valence-electron chi connectivity index (χ3n) is 3.91. The lowest BCUT2D eigenvalue weighted by Crippen LogP contribution is -3.09. The maximum atomic E-state index is 11.9. The van der Waals surface area contributed by atoms with Crippen LogP contribution in [0.5, 0.6) is 0 Å². The molecule has 5 nitrogen and oxygen atoms in total. The van der Waals surface area contributed by atoms with Crippen LogP contribution in [0.2, 0.25) is 0 Å². The number of quaternary nitrogens is 1. The number of nitrogens with one attached hydrogen (secondary N) is 2. The van der Waals surface area contributed by atoms with Crippen molar-refractivity contribution < 1.29 is 5.06 Å². The molecule has 108 valence electrons. The second-order valence-corrected chi connectivity index (χ2v) is 6.08. The first-order valence-electron chi connectivity index (χ1n) is 7.29. The minimum Gasteiger partial charge on any atom is -0.634 e. The smallest absolute Gasteiger partial charge is 0.150 e. The summed E-state index contributed by atoms with van der Waals surface area (Å²) in [7, 11) is 0. The average Bonchev–Trinajstić information content (AvgIpc) is 2.37. The molecular weight excluding hydrogens is 252 g/mol. The van der Waals surface area contributed by atoms with Gasteiger partial charge >= 0.3 is 0 Å². The average molecular weight is 274 g/mol. The molecule has 2 atom stereocenters. The maximum absolute atomic E-state index is 11.9. The molecule has 5 heteroatoms. The number of aromatic nitrogens is 1. The number of hydrogen-bond donors (Lipinski definition) is 2. The van der Waals surface area contributed by atoms with E-state index in [4.69, 9.17) is 0 Å². The zero-order chi connectivity index (χ0) is 14.3. The molecule has 3 rings (SSSR count). The van der Waals surface area contributed by atoms with Crippen LogP contribution in [-0.4, -0.2) is 30.7 Å². The van der Waals surface area contributed by atoms with Gasteiger partial charge in [0.15, 0.2) is 5.82 Å². The summed E-state index contributed by atoms with van der Waals surface area (Å²) < 4.78 is 0. The van der Waals surface area contributed by atoms with Gasteiger partial charge in [-0.2, -0.15) is 0 Å². The van der Waals surface area contributed by atoms with Crippen LogP contribution in [-0.2, 0) is 0 Å². The van der Waals surface area contributed by atoms with E-state index in [1.165, 1.54) is 16.7 Å². The van der Waals surface area contributed by atoms with Gasteiger partial charge in [-0.3, -0.25) is 5.01 Å². The van der Waals surface area contributed by atoms with Gasteiger partial charge in [-0.25, -0.2) is 10.4 Å². The van der Waals surface area contributed by atoms with E-state index in [0.717, 1.165) is 12.4 Å². The molecule has 0 aromatic carbocycles. The molecule has 0 saturated heterocycles. The first kappa shape index (κ1) is 13.5. The number of anilines is 1. The Labute approximate surface area is 119 Å². The third kappa shape index (κ3) is 2.32. The quantitative estimate of drug-likeness (QED) is 0.776. The topological polar surface area (TPSA) is 55.7 Å². The minimum absolute atomic E-state index is 0.301. The molecular formula is C15H22N4O. The van der Waals surface area contributed by atoms with Crippen LogP contribution in [0.1, 0.15) is 26.3 Å². The third-order valence-corrected chi connectivity index (χ3v) is 3.91. The molecule has 0 spiro atoms. The second-order valence-electron chi connectivity index (χ2n) is 6.08. The number of hydroxylamine groups is 2. The summed E-state index contributed by atoms with van der Waals surface area (Å²) >= 11 is 0. The highest BCUT2D eigenvalue weighted by Crippen LogP contribution is 2.37. The van der Waals surface area contributed by atoms with E-state index in [1.807, 2.05) is 12.3 Å². The van der Waals surface area contributed by atoms with E-state index < -0.39 is 0 Å². The van der Waals surface area contributed by atoms with Crippen molar-refractivity contribution in [1.29, 1.82) is 0 Å². The van der Waals surface area contributed by atoms with Crippen molar-refractivity contribution in [3.8, 4) is 0 Å². The highest BCUT2D eigenvalue weighted by Gasteiger charge is 2.33. The van der Waals surface area contributed by atoms with Gasteiger partial charge in [-0.05, 0) is 31.6 Å². The molecule has 0 fully saturated rings. The largest absolute Gasteiger partial charge is 0.634 e. The molecule has 0 bridgehead atoms. The lowest BCUT2D eigenvalue weighted by Gasteiger charge is -2.41. The number of fused-ring (bicyclic) bond motifs is 2. The van der Waals surface area contributed by atoms with Crippen molar-refractivity contribution in [1.82, 2.24) is 10.4 Å². The van der Waals surface area contributed by atoms with E-state index in [-0.39, 0.29) is 0 Å². The summed E-state index contributed by atoms with van der Waals surface area (Å²) in [5.74, 6) is 1.29. The molecule has 2 aliphatic heterocycles. The van der Waals surface area contributed by atoms with Gasteiger partial charge in [-0.1, -0.05) is 6.92 Å². The molecule has 1 aromatic heterocycles. The number of pyridine rings is 1. The fourth-order valence-electron chi connectivity index (χ4n) is 3.30. The Bertz CT molecular complexity index is 540. The summed E-state index contributed by atoms with van der Waals surface area (Å²) in [5, 5.41) is 14.3. The Kier molecular flexibility index (Phi) is 3.50. The Balaban J connectivity index is 2.05. The summed E-state index contributed by atoms with van der Waals surface area (Å²) in [6.07, 6.45) is 1.83. The first-order valence-corrected chi connectivity index (χ1v) is 7.29. The van der Waals surface area contributed by atoms with Gasteiger partial charge in [0.2, 0.25) is 0 Å². The summed E-state index contributed by atoms with van der Waals surface area (Å²) in [6, 6.07) is 4.44. The molecule has 2 aliphatic rings. The zero-order valence-corrected chi connectivity index (χ0v) is 12.3. The van der Waals surface area contributed by atoms with Crippen LogP contribution in [0, 0.1) is 11.1 Å². The molecule has 0 aliphatic carbocycles. The summed E-state index contributed by atoms with van der Waals surface area (Å²) in [5.41, 5.74) is 7.20. The molecule has 20 heavy (non-hydrogen) atoms. The van der Waals surface area contributed by atoms with Crippen molar-refractivity contribution in [3.05, 3.63) is 34.7 Å². The fourth-order valence-corrected chi connectivity index (χ4v) is 3.30. The predicted molar refractivity (Wildman–Crippen MR) is 80.0 cm³/mol. The number of nitrogens with zero attached hydrogens (tertiary/aromatic N) is 2. The van der Waals surface area contributed by atoms with Crippen LogP contribution in [0.3, 0.4) is 0 Å². The van der Waals surface area contributed by atoms with Crippen LogP contribution in [0.25, 0.3) is 5.57 Å². The Hall–Kier alpha value is -1.43. The van der Waals surface area contributed by atoms with Gasteiger partial charge in [0.1, 0.15) is 6.54 Å². The monoisotopic (exact) mass is 274 g/mol. The van der Waals surface area contributed by atoms with Crippen molar-refractivity contribution in [2.75, 3.05) is 24.6 Å². The van der Waals surface area contributed by atoms with Gasteiger partial charge < -0.3 is 10.3 Å². The Morgan fingerprint density at radius 3 is 3.05 bits per heavy atom. The first-order chi connectivity index (χ1) is 9.56. The van der Waals surface area contributed by atoms with Crippen molar-refractivity contribution in [2.24, 2.45) is 5.92 Å². The lowest BCUT2D eigenvalue weighted by atomic mass is 9.84. The van der Waals surface area contributed by atoms with E-state index in [1.54, 1.807) is 0 Å². The standard InChI is InChI=1S/C15H22N4O/c1-10(2)17-19-9-12-8-18(20)7-11(3)14(12)13-5-4-6-16-15(13)19/h4-6,10-11,17-18H,7-9H2,1-3H3. The van der Waals surface area contributed by atoms with Crippen molar-refractivity contribution in [3.63, 3.8) is 0 Å². The van der Waals surface area contributed by atoms with Gasteiger partial charge in [0, 0.05) is 29.3 Å². The normalized spacial score (nSPS) is 25.8. The predicted octanol–water partition coefficient (Wildman–Crippen LogP) is 0.601. The number of hydrazine groups is 1. The van der Waals surface area contributed by atoms with E-state index in [9.17, 15) is 5.21 Å². The Morgan fingerprint density at radius 1 is 1.50 bits per heavy atom. The molecule has 2 unspecified atom stereocenters. The van der Waals surface area contributed by atoms with Gasteiger partial charge in [-0.15, -0.1) is 0 Å². The Morgan fingerprint density at radius 2 is 2.30 bits per heavy atom. The summed E-state index contributed by atoms with van der Waals surface area (Å²) in [6.45, 7) is 8.37. The van der Waals surface area contributed by atoms with Crippen LogP contribution >= 0.6 is 0 Å². The van der Waals surface area contributed by atoms with Crippen LogP contribution in [0.4, 0.5) is 5.82 Å². The van der Waals surface area contributed by atoms with E-state index >= 15 is 0 Å². The molecule has 1 aromatic rings.